The molecule has 4 nitrogen and oxygen atoms in total. The highest BCUT2D eigenvalue weighted by Gasteiger charge is 2.53. The first-order chi connectivity index (χ1) is 9.51. The predicted molar refractivity (Wildman–Crippen MR) is 76.2 cm³/mol. The number of nitrogens with zero attached hydrogens (tertiary/aromatic N) is 1. The Morgan fingerprint density at radius 2 is 1.85 bits per heavy atom. The molecular weight excluding hydrogens is 254 g/mol. The second-order valence-corrected chi connectivity index (χ2v) is 5.55. The molecule has 1 aromatic carbocycles. The van der Waals surface area contributed by atoms with Gasteiger partial charge in [-0.05, 0) is 32.3 Å². The summed E-state index contributed by atoms with van der Waals surface area (Å²) in [6.45, 7) is 3.85. The highest BCUT2D eigenvalue weighted by atomic mass is 16.5. The van der Waals surface area contributed by atoms with Gasteiger partial charge in [-0.1, -0.05) is 30.3 Å². The molecule has 0 bridgehead atoms. The zero-order chi connectivity index (χ0) is 14.8. The minimum absolute atomic E-state index is 0.0155. The first-order valence-electron chi connectivity index (χ1n) is 6.94. The molecular formula is C16H21NO3. The van der Waals surface area contributed by atoms with Crippen molar-refractivity contribution in [2.24, 2.45) is 0 Å². The van der Waals surface area contributed by atoms with Gasteiger partial charge in [0.25, 0.3) is 0 Å². The van der Waals surface area contributed by atoms with E-state index in [-0.39, 0.29) is 24.5 Å². The van der Waals surface area contributed by atoms with Crippen LogP contribution in [-0.4, -0.2) is 36.5 Å². The van der Waals surface area contributed by atoms with Crippen molar-refractivity contribution in [1.82, 2.24) is 4.90 Å². The number of carbonyl (C=O) groups excluding carboxylic acids is 2. The molecule has 1 aliphatic carbocycles. The highest BCUT2D eigenvalue weighted by molar-refractivity contribution is 5.93. The lowest BCUT2D eigenvalue weighted by atomic mass is 9.94. The van der Waals surface area contributed by atoms with Crippen LogP contribution >= 0.6 is 0 Å². The molecule has 20 heavy (non-hydrogen) atoms. The molecule has 1 aromatic rings. The van der Waals surface area contributed by atoms with E-state index < -0.39 is 5.41 Å². The van der Waals surface area contributed by atoms with E-state index in [4.69, 9.17) is 0 Å². The molecule has 2 rings (SSSR count). The molecule has 1 amide bonds. The van der Waals surface area contributed by atoms with Gasteiger partial charge < -0.3 is 9.64 Å². The minimum atomic E-state index is -0.431. The first-order valence-corrected chi connectivity index (χ1v) is 6.94. The Bertz CT molecular complexity index is 492. The van der Waals surface area contributed by atoms with Crippen LogP contribution in [-0.2, 0) is 19.7 Å². The van der Waals surface area contributed by atoms with Crippen LogP contribution in [0, 0.1) is 0 Å². The third-order valence-electron chi connectivity index (χ3n) is 3.90. The average Bonchev–Trinajstić information content (AvgIpc) is 3.26. The molecule has 0 saturated heterocycles. The van der Waals surface area contributed by atoms with Crippen LogP contribution in [0.5, 0.6) is 0 Å². The van der Waals surface area contributed by atoms with Crippen LogP contribution < -0.4 is 0 Å². The predicted octanol–water partition coefficient (Wildman–Crippen LogP) is 2.13. The molecule has 0 heterocycles. The van der Waals surface area contributed by atoms with Crippen molar-refractivity contribution in [3.05, 3.63) is 35.9 Å². The van der Waals surface area contributed by atoms with Crippen LogP contribution in [0.3, 0.4) is 0 Å². The molecule has 1 aliphatic rings. The van der Waals surface area contributed by atoms with Gasteiger partial charge in [-0.25, -0.2) is 0 Å². The monoisotopic (exact) mass is 275 g/mol. The fourth-order valence-corrected chi connectivity index (χ4v) is 2.48. The molecule has 0 aliphatic heterocycles. The zero-order valence-corrected chi connectivity index (χ0v) is 12.3. The number of ether oxygens (including phenoxy) is 1. The molecule has 4 heteroatoms. The van der Waals surface area contributed by atoms with Crippen LogP contribution in [0.15, 0.2) is 30.3 Å². The van der Waals surface area contributed by atoms with Crippen molar-refractivity contribution in [3.63, 3.8) is 0 Å². The minimum Gasteiger partial charge on any atom is -0.468 e. The largest absolute Gasteiger partial charge is 0.468 e. The summed E-state index contributed by atoms with van der Waals surface area (Å²) in [7, 11) is 1.34. The summed E-state index contributed by atoms with van der Waals surface area (Å²) in [6.07, 6.45) is 1.69. The smallest absolute Gasteiger partial charge is 0.325 e. The summed E-state index contributed by atoms with van der Waals surface area (Å²) in [4.78, 5) is 26.0. The SMILES string of the molecule is COC(=O)CN(C(=O)C1(c2ccccc2)CC1)C(C)C. The molecule has 0 spiro atoms. The summed E-state index contributed by atoms with van der Waals surface area (Å²) >= 11 is 0. The maximum atomic E-state index is 12.8. The molecule has 1 fully saturated rings. The molecule has 0 atom stereocenters. The van der Waals surface area contributed by atoms with Crippen molar-refractivity contribution in [2.75, 3.05) is 13.7 Å². The number of methoxy groups -OCH3 is 1. The van der Waals surface area contributed by atoms with Gasteiger partial charge in [0.15, 0.2) is 0 Å². The Kier molecular flexibility index (Phi) is 4.12. The van der Waals surface area contributed by atoms with Gasteiger partial charge in [0, 0.05) is 6.04 Å². The van der Waals surface area contributed by atoms with Gasteiger partial charge in [-0.3, -0.25) is 9.59 Å². The summed E-state index contributed by atoms with van der Waals surface area (Å²) < 4.78 is 4.69. The van der Waals surface area contributed by atoms with Crippen molar-refractivity contribution < 1.29 is 14.3 Å². The van der Waals surface area contributed by atoms with Crippen LogP contribution in [0.1, 0.15) is 32.3 Å². The molecule has 108 valence electrons. The van der Waals surface area contributed by atoms with Gasteiger partial charge in [0.05, 0.1) is 12.5 Å². The third-order valence-corrected chi connectivity index (χ3v) is 3.90. The Balaban J connectivity index is 2.22. The van der Waals surface area contributed by atoms with Crippen molar-refractivity contribution in [1.29, 1.82) is 0 Å². The average molecular weight is 275 g/mol. The topological polar surface area (TPSA) is 46.6 Å². The van der Waals surface area contributed by atoms with E-state index in [9.17, 15) is 9.59 Å². The van der Waals surface area contributed by atoms with E-state index in [0.717, 1.165) is 18.4 Å². The second kappa shape index (κ2) is 5.65. The molecule has 0 aromatic heterocycles. The van der Waals surface area contributed by atoms with E-state index in [1.165, 1.54) is 7.11 Å². The van der Waals surface area contributed by atoms with E-state index in [0.29, 0.717) is 0 Å². The van der Waals surface area contributed by atoms with E-state index >= 15 is 0 Å². The lowest BCUT2D eigenvalue weighted by molar-refractivity contribution is -0.149. The van der Waals surface area contributed by atoms with Gasteiger partial charge in [-0.15, -0.1) is 0 Å². The van der Waals surface area contributed by atoms with Crippen LogP contribution in [0.4, 0.5) is 0 Å². The van der Waals surface area contributed by atoms with Crippen LogP contribution in [0.25, 0.3) is 0 Å². The van der Waals surface area contributed by atoms with E-state index in [1.807, 2.05) is 44.2 Å². The number of benzene rings is 1. The Morgan fingerprint density at radius 1 is 1.25 bits per heavy atom. The number of rotatable bonds is 5. The molecule has 0 unspecified atom stereocenters. The fraction of sp³-hybridized carbons (Fsp3) is 0.500. The number of hydrogen-bond acceptors (Lipinski definition) is 3. The lowest BCUT2D eigenvalue weighted by Gasteiger charge is -2.30. The van der Waals surface area contributed by atoms with E-state index in [2.05, 4.69) is 4.74 Å². The maximum absolute atomic E-state index is 12.8. The summed E-state index contributed by atoms with van der Waals surface area (Å²) in [5, 5.41) is 0. The van der Waals surface area contributed by atoms with Crippen molar-refractivity contribution in [2.45, 2.75) is 38.1 Å². The zero-order valence-electron chi connectivity index (χ0n) is 12.3. The number of hydrogen-bond donors (Lipinski definition) is 0. The standard InChI is InChI=1S/C16H21NO3/c1-12(2)17(11-14(18)20-3)15(19)16(9-10-16)13-7-5-4-6-8-13/h4-8,12H,9-11H2,1-3H3. The number of amides is 1. The van der Waals surface area contributed by atoms with Crippen molar-refractivity contribution in [3.8, 4) is 0 Å². The van der Waals surface area contributed by atoms with Crippen LogP contribution in [0.2, 0.25) is 0 Å². The Labute approximate surface area is 119 Å². The number of carbonyl (C=O) groups is 2. The fourth-order valence-electron chi connectivity index (χ4n) is 2.48. The number of esters is 1. The highest BCUT2D eigenvalue weighted by Crippen LogP contribution is 2.49. The summed E-state index contributed by atoms with van der Waals surface area (Å²) in [5.41, 5.74) is 0.611. The Hall–Kier alpha value is -1.84. The molecule has 0 N–H and O–H groups in total. The Morgan fingerprint density at radius 3 is 2.30 bits per heavy atom. The van der Waals surface area contributed by atoms with Gasteiger partial charge in [-0.2, -0.15) is 0 Å². The van der Waals surface area contributed by atoms with E-state index in [1.54, 1.807) is 4.90 Å². The molecule has 1 saturated carbocycles. The van der Waals surface area contributed by atoms with Gasteiger partial charge in [0.2, 0.25) is 5.91 Å². The normalized spacial score (nSPS) is 15.8. The molecule has 0 radical (unpaired) electrons. The second-order valence-electron chi connectivity index (χ2n) is 5.55. The quantitative estimate of drug-likeness (QED) is 0.773. The lowest BCUT2D eigenvalue weighted by Crippen LogP contribution is -2.46. The summed E-state index contributed by atoms with van der Waals surface area (Å²) in [6, 6.07) is 9.79. The van der Waals surface area contributed by atoms with Gasteiger partial charge in [0.1, 0.15) is 6.54 Å². The van der Waals surface area contributed by atoms with Crippen molar-refractivity contribution >= 4 is 11.9 Å². The third kappa shape index (κ3) is 2.69. The first kappa shape index (κ1) is 14.6. The summed E-state index contributed by atoms with van der Waals surface area (Å²) in [5.74, 6) is -0.347. The maximum Gasteiger partial charge on any atom is 0.325 e. The van der Waals surface area contributed by atoms with Gasteiger partial charge >= 0.3 is 5.97 Å².